The third kappa shape index (κ3) is 2.32. The number of halogens is 1. The molecule has 0 saturated carbocycles. The van der Waals surface area contributed by atoms with Crippen LogP contribution < -0.4 is 4.74 Å². The molecule has 0 aliphatic carbocycles. The number of hydrogen-bond acceptors (Lipinski definition) is 3. The van der Waals surface area contributed by atoms with Crippen LogP contribution in [0.1, 0.15) is 5.69 Å². The van der Waals surface area contributed by atoms with Gasteiger partial charge in [-0.2, -0.15) is 0 Å². The van der Waals surface area contributed by atoms with Gasteiger partial charge in [0.25, 0.3) is 0 Å². The Morgan fingerprint density at radius 1 is 1.43 bits per heavy atom. The van der Waals surface area contributed by atoms with E-state index in [2.05, 4.69) is 30.9 Å². The van der Waals surface area contributed by atoms with E-state index in [0.29, 0.717) is 11.3 Å². The molecule has 0 aliphatic rings. The first-order chi connectivity index (χ1) is 6.84. The maximum absolute atomic E-state index is 5.45. The highest BCUT2D eigenvalue weighted by Gasteiger charge is 1.98. The van der Waals surface area contributed by atoms with Crippen molar-refractivity contribution in [2.24, 2.45) is 0 Å². The number of imidazole rings is 1. The zero-order valence-electron chi connectivity index (χ0n) is 7.27. The lowest BCUT2D eigenvalue weighted by Gasteiger charge is -2.02. The fourth-order valence-corrected chi connectivity index (χ4v) is 1.36. The van der Waals surface area contributed by atoms with E-state index in [1.807, 2.05) is 12.1 Å². The first kappa shape index (κ1) is 9.21. The maximum Gasteiger partial charge on any atom is 0.174 e. The summed E-state index contributed by atoms with van der Waals surface area (Å²) in [7, 11) is 0. The van der Waals surface area contributed by atoms with Crippen LogP contribution in [0.15, 0.2) is 35.5 Å². The number of aromatic amines is 1. The van der Waals surface area contributed by atoms with Crippen molar-refractivity contribution < 1.29 is 4.74 Å². The van der Waals surface area contributed by atoms with E-state index in [4.69, 9.17) is 4.74 Å². The predicted octanol–water partition coefficient (Wildman–Crippen LogP) is 2.15. The lowest BCUT2D eigenvalue weighted by atomic mass is 10.4. The van der Waals surface area contributed by atoms with Crippen LogP contribution in [0, 0.1) is 0 Å². The number of nitrogens with zero attached hydrogens (tertiary/aromatic N) is 2. The van der Waals surface area contributed by atoms with Gasteiger partial charge in [0, 0.05) is 6.20 Å². The number of pyridine rings is 1. The Morgan fingerprint density at radius 3 is 3.00 bits per heavy atom. The molecule has 0 fully saturated rings. The highest BCUT2D eigenvalue weighted by Crippen LogP contribution is 2.10. The molecule has 5 heteroatoms. The van der Waals surface area contributed by atoms with Crippen molar-refractivity contribution in [3.05, 3.63) is 41.2 Å². The summed E-state index contributed by atoms with van der Waals surface area (Å²) in [4.78, 5) is 10.9. The van der Waals surface area contributed by atoms with Crippen molar-refractivity contribution in [2.75, 3.05) is 0 Å². The molecule has 0 aliphatic heterocycles. The van der Waals surface area contributed by atoms with E-state index >= 15 is 0 Å². The zero-order chi connectivity index (χ0) is 9.80. The molecule has 0 unspecified atom stereocenters. The Balaban J connectivity index is 1.95. The van der Waals surface area contributed by atoms with Crippen LogP contribution in [0.3, 0.4) is 0 Å². The fraction of sp³-hybridized carbons (Fsp3) is 0.111. The minimum Gasteiger partial charge on any atom is -0.486 e. The number of hydrogen-bond donors (Lipinski definition) is 1. The minimum atomic E-state index is 0.463. The van der Waals surface area contributed by atoms with E-state index < -0.39 is 0 Å². The number of rotatable bonds is 3. The van der Waals surface area contributed by atoms with E-state index in [9.17, 15) is 0 Å². The molecule has 0 spiro atoms. The molecule has 0 radical (unpaired) electrons. The highest BCUT2D eigenvalue weighted by atomic mass is 79.9. The van der Waals surface area contributed by atoms with E-state index in [1.165, 1.54) is 0 Å². The lowest BCUT2D eigenvalue weighted by molar-refractivity contribution is 0.300. The quantitative estimate of drug-likeness (QED) is 0.912. The SMILES string of the molecule is Brc1ncc(COc2cccnc2)[nH]1. The Morgan fingerprint density at radius 2 is 2.36 bits per heavy atom. The predicted molar refractivity (Wildman–Crippen MR) is 54.9 cm³/mol. The van der Waals surface area contributed by atoms with Crippen molar-refractivity contribution in [2.45, 2.75) is 6.61 Å². The summed E-state index contributed by atoms with van der Waals surface area (Å²) >= 11 is 3.22. The second kappa shape index (κ2) is 4.23. The fourth-order valence-electron chi connectivity index (χ4n) is 0.999. The van der Waals surface area contributed by atoms with Crippen molar-refractivity contribution in [3.8, 4) is 5.75 Å². The number of nitrogens with one attached hydrogen (secondary N) is 1. The molecule has 0 bridgehead atoms. The average Bonchev–Trinajstić information content (AvgIpc) is 2.63. The molecule has 2 aromatic heterocycles. The van der Waals surface area contributed by atoms with Crippen LogP contribution in [-0.2, 0) is 6.61 Å². The van der Waals surface area contributed by atoms with Gasteiger partial charge >= 0.3 is 0 Å². The number of aromatic nitrogens is 3. The molecule has 0 saturated heterocycles. The summed E-state index contributed by atoms with van der Waals surface area (Å²) in [6, 6.07) is 3.69. The minimum absolute atomic E-state index is 0.463. The Bertz CT molecular complexity index is 401. The monoisotopic (exact) mass is 253 g/mol. The normalized spacial score (nSPS) is 10.1. The number of ether oxygens (including phenoxy) is 1. The molecule has 0 atom stereocenters. The Kier molecular flexibility index (Phi) is 2.78. The van der Waals surface area contributed by atoms with Gasteiger partial charge in [-0.3, -0.25) is 4.98 Å². The van der Waals surface area contributed by atoms with Crippen LogP contribution >= 0.6 is 15.9 Å². The summed E-state index contributed by atoms with van der Waals surface area (Å²) in [5.74, 6) is 0.748. The van der Waals surface area contributed by atoms with Crippen molar-refractivity contribution in [1.29, 1.82) is 0 Å². The van der Waals surface area contributed by atoms with Crippen molar-refractivity contribution >= 4 is 15.9 Å². The van der Waals surface area contributed by atoms with Crippen molar-refractivity contribution in [3.63, 3.8) is 0 Å². The van der Waals surface area contributed by atoms with Gasteiger partial charge in [0.15, 0.2) is 4.73 Å². The zero-order valence-corrected chi connectivity index (χ0v) is 8.86. The Labute approximate surface area is 89.5 Å². The molecule has 2 heterocycles. The molecular formula is C9H8BrN3O. The van der Waals surface area contributed by atoms with Crippen LogP contribution in [-0.4, -0.2) is 15.0 Å². The van der Waals surface area contributed by atoms with Gasteiger partial charge in [0.2, 0.25) is 0 Å². The number of H-pyrrole nitrogens is 1. The molecule has 2 aromatic rings. The molecule has 0 aromatic carbocycles. The van der Waals surface area contributed by atoms with Gasteiger partial charge in [-0.25, -0.2) is 4.98 Å². The Hall–Kier alpha value is -1.36. The largest absolute Gasteiger partial charge is 0.486 e. The van der Waals surface area contributed by atoms with Crippen LogP contribution in [0.4, 0.5) is 0 Å². The topological polar surface area (TPSA) is 50.8 Å². The van der Waals surface area contributed by atoms with Gasteiger partial charge in [0.1, 0.15) is 12.4 Å². The van der Waals surface area contributed by atoms with Gasteiger partial charge in [0.05, 0.1) is 18.1 Å². The van der Waals surface area contributed by atoms with E-state index in [1.54, 1.807) is 18.6 Å². The average molecular weight is 254 g/mol. The molecular weight excluding hydrogens is 246 g/mol. The molecule has 0 amide bonds. The van der Waals surface area contributed by atoms with Crippen LogP contribution in [0.2, 0.25) is 0 Å². The van der Waals surface area contributed by atoms with E-state index in [0.717, 1.165) is 11.4 Å². The summed E-state index contributed by atoms with van der Waals surface area (Å²) in [5, 5.41) is 0. The molecule has 14 heavy (non-hydrogen) atoms. The van der Waals surface area contributed by atoms with Crippen LogP contribution in [0.5, 0.6) is 5.75 Å². The maximum atomic E-state index is 5.45. The van der Waals surface area contributed by atoms with Crippen molar-refractivity contribution in [1.82, 2.24) is 15.0 Å². The van der Waals surface area contributed by atoms with Crippen LogP contribution in [0.25, 0.3) is 0 Å². The summed E-state index contributed by atoms with van der Waals surface area (Å²) < 4.78 is 6.16. The standard InChI is InChI=1S/C9H8BrN3O/c10-9-12-4-7(13-9)6-14-8-2-1-3-11-5-8/h1-5H,6H2,(H,12,13). The first-order valence-electron chi connectivity index (χ1n) is 4.07. The molecule has 1 N–H and O–H groups in total. The van der Waals surface area contributed by atoms with Gasteiger partial charge < -0.3 is 9.72 Å². The molecule has 2 rings (SSSR count). The first-order valence-corrected chi connectivity index (χ1v) is 4.86. The highest BCUT2D eigenvalue weighted by molar-refractivity contribution is 9.10. The van der Waals surface area contributed by atoms with Gasteiger partial charge in [-0.1, -0.05) is 0 Å². The second-order valence-corrected chi connectivity index (χ2v) is 3.43. The smallest absolute Gasteiger partial charge is 0.174 e. The van der Waals surface area contributed by atoms with Gasteiger partial charge in [-0.05, 0) is 28.1 Å². The van der Waals surface area contributed by atoms with Gasteiger partial charge in [-0.15, -0.1) is 0 Å². The third-order valence-corrected chi connectivity index (χ3v) is 2.03. The summed E-state index contributed by atoms with van der Waals surface area (Å²) in [6.07, 6.45) is 5.10. The molecule has 4 nitrogen and oxygen atoms in total. The lowest BCUT2D eigenvalue weighted by Crippen LogP contribution is -1.95. The third-order valence-electron chi connectivity index (χ3n) is 1.63. The van der Waals surface area contributed by atoms with E-state index in [-0.39, 0.29) is 0 Å². The summed E-state index contributed by atoms with van der Waals surface area (Å²) in [5.41, 5.74) is 0.917. The molecule has 72 valence electrons. The summed E-state index contributed by atoms with van der Waals surface area (Å²) in [6.45, 7) is 0.463. The second-order valence-electron chi connectivity index (χ2n) is 2.68.